The van der Waals surface area contributed by atoms with Crippen LogP contribution in [0.2, 0.25) is 0 Å². The van der Waals surface area contributed by atoms with Crippen molar-refractivity contribution in [1.29, 1.82) is 0 Å². The lowest BCUT2D eigenvalue weighted by Gasteiger charge is -2.37. The highest BCUT2D eigenvalue weighted by molar-refractivity contribution is 6.03. The summed E-state index contributed by atoms with van der Waals surface area (Å²) in [7, 11) is 1.34. The number of hydrogen-bond donors (Lipinski definition) is 1. The molecule has 0 bridgehead atoms. The quantitative estimate of drug-likeness (QED) is 0.598. The number of carbonyl (C=O) groups is 2. The Morgan fingerprint density at radius 3 is 2.50 bits per heavy atom. The maximum Gasteiger partial charge on any atom is 0.321 e. The van der Waals surface area contributed by atoms with E-state index >= 15 is 0 Å². The van der Waals surface area contributed by atoms with E-state index in [2.05, 4.69) is 5.32 Å². The second kappa shape index (κ2) is 5.69. The molecule has 1 heterocycles. The first-order valence-electron chi connectivity index (χ1n) is 6.63. The topological polar surface area (TPSA) is 64.6 Å². The molecule has 2 fully saturated rings. The van der Waals surface area contributed by atoms with Crippen LogP contribution in [0, 0.1) is 11.3 Å². The molecule has 0 spiro atoms. The molecule has 0 aromatic heterocycles. The van der Waals surface area contributed by atoms with E-state index < -0.39 is 11.4 Å². The van der Waals surface area contributed by atoms with Crippen molar-refractivity contribution < 1.29 is 19.1 Å². The van der Waals surface area contributed by atoms with Crippen molar-refractivity contribution in [2.75, 3.05) is 26.9 Å². The van der Waals surface area contributed by atoms with Crippen LogP contribution < -0.4 is 5.32 Å². The van der Waals surface area contributed by atoms with E-state index in [1.165, 1.54) is 7.11 Å². The molecular weight excluding hydrogens is 234 g/mol. The standard InChI is InChI=1S/C13H21NO4/c1-17-12(16)13(5-2-6-13)11(15)14-9-10-3-7-18-8-4-10/h10H,2-9H2,1H3,(H,14,15). The second-order valence-corrected chi connectivity index (χ2v) is 5.19. The number of rotatable bonds is 4. The van der Waals surface area contributed by atoms with Crippen LogP contribution in [0.4, 0.5) is 0 Å². The summed E-state index contributed by atoms with van der Waals surface area (Å²) in [5.74, 6) is -0.0807. The summed E-state index contributed by atoms with van der Waals surface area (Å²) < 4.78 is 10.0. The van der Waals surface area contributed by atoms with Crippen LogP contribution >= 0.6 is 0 Å². The first kappa shape index (κ1) is 13.3. The molecule has 0 atom stereocenters. The zero-order valence-corrected chi connectivity index (χ0v) is 10.9. The molecule has 1 aliphatic heterocycles. The Morgan fingerprint density at radius 2 is 2.00 bits per heavy atom. The van der Waals surface area contributed by atoms with Gasteiger partial charge in [0.25, 0.3) is 0 Å². The first-order chi connectivity index (χ1) is 8.69. The average molecular weight is 255 g/mol. The first-order valence-corrected chi connectivity index (χ1v) is 6.63. The fourth-order valence-corrected chi connectivity index (χ4v) is 2.61. The fourth-order valence-electron chi connectivity index (χ4n) is 2.61. The van der Waals surface area contributed by atoms with Crippen LogP contribution in [0.5, 0.6) is 0 Å². The molecule has 1 saturated carbocycles. The van der Waals surface area contributed by atoms with Crippen molar-refractivity contribution in [1.82, 2.24) is 5.32 Å². The van der Waals surface area contributed by atoms with Crippen LogP contribution in [0.25, 0.3) is 0 Å². The van der Waals surface area contributed by atoms with Crippen LogP contribution in [0.3, 0.4) is 0 Å². The molecule has 0 aromatic rings. The average Bonchev–Trinajstić information content (AvgIpc) is 2.36. The van der Waals surface area contributed by atoms with Gasteiger partial charge in [-0.3, -0.25) is 9.59 Å². The normalized spacial score (nSPS) is 22.9. The van der Waals surface area contributed by atoms with Gasteiger partial charge in [-0.25, -0.2) is 0 Å². The van der Waals surface area contributed by atoms with Gasteiger partial charge >= 0.3 is 5.97 Å². The summed E-state index contributed by atoms with van der Waals surface area (Å²) in [5, 5.41) is 2.92. The SMILES string of the molecule is COC(=O)C1(C(=O)NCC2CCOCC2)CCC1. The highest BCUT2D eigenvalue weighted by atomic mass is 16.5. The molecule has 1 amide bonds. The number of ether oxygens (including phenoxy) is 2. The molecular formula is C13H21NO4. The maximum absolute atomic E-state index is 12.1. The summed E-state index contributed by atoms with van der Waals surface area (Å²) in [4.78, 5) is 23.9. The lowest BCUT2D eigenvalue weighted by atomic mass is 9.68. The van der Waals surface area contributed by atoms with Gasteiger partial charge in [0, 0.05) is 19.8 Å². The number of nitrogens with one attached hydrogen (secondary N) is 1. The van der Waals surface area contributed by atoms with Gasteiger partial charge in [0.05, 0.1) is 7.11 Å². The molecule has 1 N–H and O–H groups in total. The zero-order chi connectivity index (χ0) is 13.0. The van der Waals surface area contributed by atoms with Crippen LogP contribution in [0.1, 0.15) is 32.1 Å². The number of amides is 1. The Bertz CT molecular complexity index is 319. The largest absolute Gasteiger partial charge is 0.468 e. The minimum absolute atomic E-state index is 0.160. The minimum Gasteiger partial charge on any atom is -0.468 e. The van der Waals surface area contributed by atoms with Crippen molar-refractivity contribution in [3.8, 4) is 0 Å². The fraction of sp³-hybridized carbons (Fsp3) is 0.846. The number of esters is 1. The maximum atomic E-state index is 12.1. The molecule has 102 valence electrons. The third-order valence-corrected chi connectivity index (χ3v) is 4.11. The molecule has 5 heteroatoms. The second-order valence-electron chi connectivity index (χ2n) is 5.19. The van der Waals surface area contributed by atoms with Crippen LogP contribution in [0.15, 0.2) is 0 Å². The van der Waals surface area contributed by atoms with E-state index in [1.54, 1.807) is 0 Å². The van der Waals surface area contributed by atoms with Gasteiger partial charge in [-0.2, -0.15) is 0 Å². The van der Waals surface area contributed by atoms with Crippen molar-refractivity contribution >= 4 is 11.9 Å². The predicted octanol–water partition coefficient (Wildman–Crippen LogP) is 0.872. The minimum atomic E-state index is -0.903. The molecule has 1 saturated heterocycles. The van der Waals surface area contributed by atoms with Crippen molar-refractivity contribution in [2.24, 2.45) is 11.3 Å². The molecule has 2 aliphatic rings. The van der Waals surface area contributed by atoms with Crippen molar-refractivity contribution in [3.05, 3.63) is 0 Å². The number of hydrogen-bond acceptors (Lipinski definition) is 4. The van der Waals surface area contributed by atoms with E-state index in [4.69, 9.17) is 9.47 Å². The summed E-state index contributed by atoms with van der Waals surface area (Å²) >= 11 is 0. The van der Waals surface area contributed by atoms with E-state index in [1.807, 2.05) is 0 Å². The third-order valence-electron chi connectivity index (χ3n) is 4.11. The number of methoxy groups -OCH3 is 1. The Morgan fingerprint density at radius 1 is 1.33 bits per heavy atom. The molecule has 18 heavy (non-hydrogen) atoms. The third kappa shape index (κ3) is 2.51. The van der Waals surface area contributed by atoms with E-state index in [0.717, 1.165) is 32.5 Å². The zero-order valence-electron chi connectivity index (χ0n) is 10.9. The Hall–Kier alpha value is -1.10. The van der Waals surface area contributed by atoms with Gasteiger partial charge in [-0.1, -0.05) is 6.42 Å². The van der Waals surface area contributed by atoms with Gasteiger partial charge < -0.3 is 14.8 Å². The van der Waals surface area contributed by atoms with Gasteiger partial charge in [0.2, 0.25) is 5.91 Å². The van der Waals surface area contributed by atoms with Gasteiger partial charge in [-0.05, 0) is 31.6 Å². The predicted molar refractivity (Wildman–Crippen MR) is 64.9 cm³/mol. The Labute approximate surface area is 107 Å². The summed E-state index contributed by atoms with van der Waals surface area (Å²) in [5.41, 5.74) is -0.903. The molecule has 2 rings (SSSR count). The lowest BCUT2D eigenvalue weighted by molar-refractivity contribution is -0.165. The van der Waals surface area contributed by atoms with Crippen LogP contribution in [-0.4, -0.2) is 38.7 Å². The molecule has 0 aromatic carbocycles. The summed E-state index contributed by atoms with van der Waals surface area (Å²) in [6.45, 7) is 2.17. The summed E-state index contributed by atoms with van der Waals surface area (Å²) in [6, 6.07) is 0. The molecule has 0 unspecified atom stereocenters. The highest BCUT2D eigenvalue weighted by Gasteiger charge is 2.51. The van der Waals surface area contributed by atoms with Crippen LogP contribution in [-0.2, 0) is 19.1 Å². The van der Waals surface area contributed by atoms with E-state index in [9.17, 15) is 9.59 Å². The molecule has 1 aliphatic carbocycles. The van der Waals surface area contributed by atoms with Gasteiger partial charge in [0.1, 0.15) is 5.41 Å². The van der Waals surface area contributed by atoms with Crippen molar-refractivity contribution in [2.45, 2.75) is 32.1 Å². The highest BCUT2D eigenvalue weighted by Crippen LogP contribution is 2.42. The molecule has 5 nitrogen and oxygen atoms in total. The van der Waals surface area contributed by atoms with E-state index in [0.29, 0.717) is 25.3 Å². The van der Waals surface area contributed by atoms with Gasteiger partial charge in [0.15, 0.2) is 0 Å². The molecule has 0 radical (unpaired) electrons. The summed E-state index contributed by atoms with van der Waals surface area (Å²) in [6.07, 6.45) is 4.09. The van der Waals surface area contributed by atoms with Crippen molar-refractivity contribution in [3.63, 3.8) is 0 Å². The Balaban J connectivity index is 1.84. The lowest BCUT2D eigenvalue weighted by Crippen LogP contribution is -2.52. The van der Waals surface area contributed by atoms with Gasteiger partial charge in [-0.15, -0.1) is 0 Å². The number of carbonyl (C=O) groups excluding carboxylic acids is 2. The van der Waals surface area contributed by atoms with E-state index in [-0.39, 0.29) is 5.91 Å². The Kier molecular flexibility index (Phi) is 4.22. The smallest absolute Gasteiger partial charge is 0.321 e. The monoisotopic (exact) mass is 255 g/mol.